The van der Waals surface area contributed by atoms with Gasteiger partial charge in [-0.1, -0.05) is 0 Å². The van der Waals surface area contributed by atoms with Crippen LogP contribution in [0.2, 0.25) is 0 Å². The molecule has 78 valence electrons. The third kappa shape index (κ3) is 2.40. The molecule has 1 rings (SSSR count). The van der Waals surface area contributed by atoms with E-state index in [2.05, 4.69) is 5.32 Å². The topological polar surface area (TPSA) is 12.0 Å². The van der Waals surface area contributed by atoms with Gasteiger partial charge in [-0.25, -0.2) is 0 Å². The fraction of sp³-hybridized carbons (Fsp3) is 0.400. The van der Waals surface area contributed by atoms with Crippen molar-refractivity contribution in [2.45, 2.75) is 20.0 Å². The quantitative estimate of drug-likeness (QED) is 0.776. The predicted molar refractivity (Wildman–Crippen MR) is 50.3 cm³/mol. The van der Waals surface area contributed by atoms with Crippen LogP contribution < -0.4 is 5.32 Å². The summed E-state index contributed by atoms with van der Waals surface area (Å²) < 4.78 is 36.8. The fourth-order valence-corrected chi connectivity index (χ4v) is 1.23. The first kappa shape index (κ1) is 10.9. The zero-order chi connectivity index (χ0) is 10.8. The lowest BCUT2D eigenvalue weighted by Crippen LogP contribution is -2.06. The number of hydrogen-bond donors (Lipinski definition) is 1. The molecule has 0 unspecified atom stereocenters. The Morgan fingerprint density at radius 1 is 1.29 bits per heavy atom. The maximum Gasteiger partial charge on any atom is 0.416 e. The molecule has 0 atom stereocenters. The van der Waals surface area contributed by atoms with Gasteiger partial charge in [-0.3, -0.25) is 0 Å². The van der Waals surface area contributed by atoms with E-state index in [4.69, 9.17) is 0 Å². The van der Waals surface area contributed by atoms with Crippen LogP contribution in [0.1, 0.15) is 18.1 Å². The van der Waals surface area contributed by atoms with Crippen LogP contribution in [-0.2, 0) is 6.18 Å². The molecule has 0 aliphatic carbocycles. The Morgan fingerprint density at radius 3 is 2.36 bits per heavy atom. The molecule has 0 saturated heterocycles. The predicted octanol–water partition coefficient (Wildman–Crippen LogP) is 3.45. The molecule has 0 bridgehead atoms. The lowest BCUT2D eigenvalue weighted by atomic mass is 10.1. The molecule has 0 amide bonds. The maximum absolute atomic E-state index is 12.3. The van der Waals surface area contributed by atoms with E-state index in [1.807, 2.05) is 6.92 Å². The Bertz CT molecular complexity index is 318. The third-order valence-electron chi connectivity index (χ3n) is 1.92. The average molecular weight is 203 g/mol. The van der Waals surface area contributed by atoms with Crippen molar-refractivity contribution in [1.29, 1.82) is 0 Å². The van der Waals surface area contributed by atoms with E-state index >= 15 is 0 Å². The highest BCUT2D eigenvalue weighted by Gasteiger charge is 2.30. The number of nitrogens with one attached hydrogen (secondary N) is 1. The SMILES string of the molecule is CCNc1ccc(C(F)(F)F)cc1C. The van der Waals surface area contributed by atoms with E-state index in [9.17, 15) is 13.2 Å². The second-order valence-electron chi connectivity index (χ2n) is 3.06. The number of anilines is 1. The highest BCUT2D eigenvalue weighted by Crippen LogP contribution is 2.31. The molecule has 1 nitrogen and oxygen atoms in total. The van der Waals surface area contributed by atoms with Gasteiger partial charge in [0.1, 0.15) is 0 Å². The van der Waals surface area contributed by atoms with E-state index in [-0.39, 0.29) is 0 Å². The molecule has 0 spiro atoms. The molecule has 1 aromatic rings. The summed E-state index contributed by atoms with van der Waals surface area (Å²) in [6, 6.07) is 3.70. The van der Waals surface area contributed by atoms with Gasteiger partial charge >= 0.3 is 6.18 Å². The van der Waals surface area contributed by atoms with Crippen LogP contribution >= 0.6 is 0 Å². The molecule has 0 saturated carbocycles. The van der Waals surface area contributed by atoms with Crippen molar-refractivity contribution in [3.05, 3.63) is 29.3 Å². The van der Waals surface area contributed by atoms with Crippen LogP contribution in [-0.4, -0.2) is 6.54 Å². The van der Waals surface area contributed by atoms with Gasteiger partial charge in [-0.2, -0.15) is 13.2 Å². The Morgan fingerprint density at radius 2 is 1.93 bits per heavy atom. The normalized spacial score (nSPS) is 11.5. The number of halogens is 3. The summed E-state index contributed by atoms with van der Waals surface area (Å²) in [5.74, 6) is 0. The fourth-order valence-electron chi connectivity index (χ4n) is 1.23. The summed E-state index contributed by atoms with van der Waals surface area (Å²) in [7, 11) is 0. The summed E-state index contributed by atoms with van der Waals surface area (Å²) >= 11 is 0. The first-order valence-electron chi connectivity index (χ1n) is 4.37. The Labute approximate surface area is 80.9 Å². The van der Waals surface area contributed by atoms with Crippen molar-refractivity contribution in [2.75, 3.05) is 11.9 Å². The largest absolute Gasteiger partial charge is 0.416 e. The van der Waals surface area contributed by atoms with Crippen LogP contribution in [0.5, 0.6) is 0 Å². The molecular weight excluding hydrogens is 191 g/mol. The lowest BCUT2D eigenvalue weighted by molar-refractivity contribution is -0.137. The monoisotopic (exact) mass is 203 g/mol. The van der Waals surface area contributed by atoms with E-state index in [0.717, 1.165) is 17.8 Å². The van der Waals surface area contributed by atoms with Crippen molar-refractivity contribution in [3.63, 3.8) is 0 Å². The van der Waals surface area contributed by atoms with Gasteiger partial charge in [-0.05, 0) is 37.6 Å². The highest BCUT2D eigenvalue weighted by molar-refractivity contribution is 5.52. The van der Waals surface area contributed by atoms with E-state index in [1.54, 1.807) is 6.92 Å². The molecule has 0 heterocycles. The standard InChI is InChI=1S/C10H12F3N/c1-3-14-9-5-4-8(6-7(9)2)10(11,12)13/h4-6,14H,3H2,1-2H3. The summed E-state index contributed by atoms with van der Waals surface area (Å²) in [4.78, 5) is 0. The molecule has 0 fully saturated rings. The second-order valence-corrected chi connectivity index (χ2v) is 3.06. The van der Waals surface area contributed by atoms with Gasteiger partial charge in [0.25, 0.3) is 0 Å². The van der Waals surface area contributed by atoms with E-state index in [1.165, 1.54) is 6.07 Å². The van der Waals surface area contributed by atoms with Crippen molar-refractivity contribution < 1.29 is 13.2 Å². The first-order valence-corrected chi connectivity index (χ1v) is 4.37. The molecule has 14 heavy (non-hydrogen) atoms. The van der Waals surface area contributed by atoms with Crippen LogP contribution in [0, 0.1) is 6.92 Å². The van der Waals surface area contributed by atoms with Gasteiger partial charge in [0.2, 0.25) is 0 Å². The van der Waals surface area contributed by atoms with Gasteiger partial charge in [0.05, 0.1) is 5.56 Å². The molecule has 0 radical (unpaired) electrons. The summed E-state index contributed by atoms with van der Waals surface area (Å²) in [6.45, 7) is 4.26. The Balaban J connectivity index is 3.01. The minimum absolute atomic E-state index is 0.600. The van der Waals surface area contributed by atoms with Crippen molar-refractivity contribution >= 4 is 5.69 Å². The Kier molecular flexibility index (Phi) is 3.03. The van der Waals surface area contributed by atoms with Crippen LogP contribution in [0.3, 0.4) is 0 Å². The van der Waals surface area contributed by atoms with Gasteiger partial charge < -0.3 is 5.32 Å². The highest BCUT2D eigenvalue weighted by atomic mass is 19.4. The minimum Gasteiger partial charge on any atom is -0.385 e. The van der Waals surface area contributed by atoms with Crippen LogP contribution in [0.15, 0.2) is 18.2 Å². The number of benzene rings is 1. The van der Waals surface area contributed by atoms with Gasteiger partial charge in [0, 0.05) is 12.2 Å². The molecule has 0 aliphatic heterocycles. The zero-order valence-corrected chi connectivity index (χ0v) is 8.07. The van der Waals surface area contributed by atoms with Crippen molar-refractivity contribution in [1.82, 2.24) is 0 Å². The van der Waals surface area contributed by atoms with E-state index in [0.29, 0.717) is 12.1 Å². The molecule has 0 aromatic heterocycles. The van der Waals surface area contributed by atoms with Gasteiger partial charge in [0.15, 0.2) is 0 Å². The smallest absolute Gasteiger partial charge is 0.385 e. The molecule has 1 aromatic carbocycles. The van der Waals surface area contributed by atoms with Crippen LogP contribution in [0.4, 0.5) is 18.9 Å². The minimum atomic E-state index is -4.25. The average Bonchev–Trinajstić information content (AvgIpc) is 2.07. The molecule has 0 aliphatic rings. The molecule has 4 heteroatoms. The van der Waals surface area contributed by atoms with E-state index < -0.39 is 11.7 Å². The maximum atomic E-state index is 12.3. The number of alkyl halides is 3. The summed E-state index contributed by atoms with van der Waals surface area (Å²) in [5, 5.41) is 2.99. The zero-order valence-electron chi connectivity index (χ0n) is 8.07. The first-order chi connectivity index (χ1) is 6.45. The third-order valence-corrected chi connectivity index (χ3v) is 1.92. The second kappa shape index (κ2) is 3.90. The number of aryl methyl sites for hydroxylation is 1. The molecular formula is C10H12F3N. The lowest BCUT2D eigenvalue weighted by Gasteiger charge is -2.11. The van der Waals surface area contributed by atoms with Crippen LogP contribution in [0.25, 0.3) is 0 Å². The summed E-state index contributed by atoms with van der Waals surface area (Å²) in [5.41, 5.74) is 0.763. The van der Waals surface area contributed by atoms with Crippen molar-refractivity contribution in [3.8, 4) is 0 Å². The number of rotatable bonds is 2. The Hall–Kier alpha value is -1.19. The summed E-state index contributed by atoms with van der Waals surface area (Å²) in [6.07, 6.45) is -4.25. The van der Waals surface area contributed by atoms with Gasteiger partial charge in [-0.15, -0.1) is 0 Å². The molecule has 1 N–H and O–H groups in total. The van der Waals surface area contributed by atoms with Crippen molar-refractivity contribution in [2.24, 2.45) is 0 Å². The number of hydrogen-bond acceptors (Lipinski definition) is 1.